The number of aromatic nitrogens is 2. The quantitative estimate of drug-likeness (QED) is 0.667. The second-order valence-electron chi connectivity index (χ2n) is 2.64. The lowest BCUT2D eigenvalue weighted by Crippen LogP contribution is -2.19. The summed E-state index contributed by atoms with van der Waals surface area (Å²) in [6, 6.07) is 3.02. The number of aryl methyl sites for hydroxylation is 2. The van der Waals surface area contributed by atoms with Gasteiger partial charge in [0, 0.05) is 19.5 Å². The molecule has 0 amide bonds. The largest absolute Gasteiger partial charge is 0.281 e. The SMILES string of the molecule is Cn1nc(CCC(=O)Cl)ccc1=O. The van der Waals surface area contributed by atoms with Gasteiger partial charge < -0.3 is 0 Å². The number of nitrogens with zero attached hydrogens (tertiary/aromatic N) is 2. The molecule has 1 aromatic rings. The van der Waals surface area contributed by atoms with Crippen molar-refractivity contribution in [1.29, 1.82) is 0 Å². The number of carbonyl (C=O) groups is 1. The maximum Gasteiger partial charge on any atom is 0.266 e. The molecule has 1 rings (SSSR count). The van der Waals surface area contributed by atoms with Crippen molar-refractivity contribution < 1.29 is 4.79 Å². The predicted molar refractivity (Wildman–Crippen MR) is 48.7 cm³/mol. The van der Waals surface area contributed by atoms with Crippen molar-refractivity contribution in [2.45, 2.75) is 12.8 Å². The van der Waals surface area contributed by atoms with E-state index in [4.69, 9.17) is 11.6 Å². The lowest BCUT2D eigenvalue weighted by Gasteiger charge is -1.99. The minimum atomic E-state index is -0.393. The normalized spacial score (nSPS) is 10.0. The molecule has 1 heterocycles. The third-order valence-corrected chi connectivity index (χ3v) is 1.78. The number of hydrogen-bond acceptors (Lipinski definition) is 3. The Hall–Kier alpha value is -1.16. The van der Waals surface area contributed by atoms with Crippen LogP contribution in [0, 0.1) is 0 Å². The van der Waals surface area contributed by atoms with Crippen LogP contribution in [-0.4, -0.2) is 15.0 Å². The predicted octanol–water partition coefficient (Wildman–Crippen LogP) is 0.478. The van der Waals surface area contributed by atoms with Crippen LogP contribution in [0.4, 0.5) is 0 Å². The molecular weight excluding hydrogens is 192 g/mol. The van der Waals surface area contributed by atoms with Crippen LogP contribution in [0.5, 0.6) is 0 Å². The summed E-state index contributed by atoms with van der Waals surface area (Å²) in [5.74, 6) is 0. The summed E-state index contributed by atoms with van der Waals surface area (Å²) in [4.78, 5) is 21.4. The summed E-state index contributed by atoms with van der Waals surface area (Å²) in [5.41, 5.74) is 0.525. The first kappa shape index (κ1) is 9.92. The van der Waals surface area contributed by atoms with Gasteiger partial charge in [-0.25, -0.2) is 4.68 Å². The van der Waals surface area contributed by atoms with Gasteiger partial charge in [0.15, 0.2) is 0 Å². The second kappa shape index (κ2) is 4.18. The van der Waals surface area contributed by atoms with Crippen LogP contribution < -0.4 is 5.56 Å². The number of carbonyl (C=O) groups excluding carboxylic acids is 1. The van der Waals surface area contributed by atoms with Crippen LogP contribution in [-0.2, 0) is 18.3 Å². The molecule has 0 atom stereocenters. The summed E-state index contributed by atoms with van der Waals surface area (Å²) in [5, 5.41) is 3.55. The standard InChI is InChI=1S/C8H9ClN2O2/c1-11-8(13)5-3-6(10-11)2-4-7(9)12/h3,5H,2,4H2,1H3. The lowest BCUT2D eigenvalue weighted by molar-refractivity contribution is -0.111. The summed E-state index contributed by atoms with van der Waals surface area (Å²) < 4.78 is 1.23. The zero-order valence-electron chi connectivity index (χ0n) is 7.16. The van der Waals surface area contributed by atoms with E-state index in [0.717, 1.165) is 0 Å². The highest BCUT2D eigenvalue weighted by Crippen LogP contribution is 1.98. The van der Waals surface area contributed by atoms with Gasteiger partial charge in [0.1, 0.15) is 0 Å². The minimum Gasteiger partial charge on any atom is -0.281 e. The topological polar surface area (TPSA) is 52.0 Å². The van der Waals surface area contributed by atoms with Crippen LogP contribution >= 0.6 is 11.6 Å². The summed E-state index contributed by atoms with van der Waals surface area (Å²) in [7, 11) is 1.56. The highest BCUT2D eigenvalue weighted by atomic mass is 35.5. The van der Waals surface area contributed by atoms with Gasteiger partial charge in [0.25, 0.3) is 5.56 Å². The van der Waals surface area contributed by atoms with Crippen molar-refractivity contribution in [1.82, 2.24) is 9.78 Å². The average molecular weight is 201 g/mol. The van der Waals surface area contributed by atoms with E-state index in [1.807, 2.05) is 0 Å². The molecule has 0 aliphatic carbocycles. The van der Waals surface area contributed by atoms with Gasteiger partial charge in [-0.05, 0) is 24.1 Å². The molecular formula is C8H9ClN2O2. The van der Waals surface area contributed by atoms with Crippen LogP contribution in [0.15, 0.2) is 16.9 Å². The Morgan fingerprint density at radius 2 is 2.31 bits per heavy atom. The zero-order valence-corrected chi connectivity index (χ0v) is 7.91. The molecule has 0 saturated carbocycles. The third kappa shape index (κ3) is 2.99. The first-order chi connectivity index (χ1) is 6.09. The van der Waals surface area contributed by atoms with Gasteiger partial charge in [-0.2, -0.15) is 5.10 Å². The fraction of sp³-hybridized carbons (Fsp3) is 0.375. The van der Waals surface area contributed by atoms with Gasteiger partial charge in [0.2, 0.25) is 5.24 Å². The molecule has 0 aromatic carbocycles. The Labute approximate surface area is 80.1 Å². The van der Waals surface area contributed by atoms with Crippen molar-refractivity contribution in [3.63, 3.8) is 0 Å². The first-order valence-corrected chi connectivity index (χ1v) is 4.19. The average Bonchev–Trinajstić information content (AvgIpc) is 2.07. The van der Waals surface area contributed by atoms with Gasteiger partial charge in [-0.3, -0.25) is 9.59 Å². The smallest absolute Gasteiger partial charge is 0.266 e. The summed E-state index contributed by atoms with van der Waals surface area (Å²) >= 11 is 5.16. The molecule has 0 spiro atoms. The highest BCUT2D eigenvalue weighted by molar-refractivity contribution is 6.63. The van der Waals surface area contributed by atoms with E-state index < -0.39 is 5.24 Å². The van der Waals surface area contributed by atoms with Crippen molar-refractivity contribution in [3.05, 3.63) is 28.2 Å². The fourth-order valence-corrected chi connectivity index (χ4v) is 1.00. The molecule has 5 heteroatoms. The van der Waals surface area contributed by atoms with E-state index in [9.17, 15) is 9.59 Å². The zero-order chi connectivity index (χ0) is 9.84. The van der Waals surface area contributed by atoms with Gasteiger partial charge >= 0.3 is 0 Å². The Morgan fingerprint density at radius 3 is 2.85 bits per heavy atom. The molecule has 0 aliphatic rings. The van der Waals surface area contributed by atoms with Crippen molar-refractivity contribution in [3.8, 4) is 0 Å². The van der Waals surface area contributed by atoms with E-state index in [0.29, 0.717) is 12.1 Å². The first-order valence-electron chi connectivity index (χ1n) is 3.81. The fourth-order valence-electron chi connectivity index (χ4n) is 0.910. The maximum atomic E-state index is 10.9. The molecule has 0 bridgehead atoms. The number of halogens is 1. The van der Waals surface area contributed by atoms with Crippen LogP contribution in [0.25, 0.3) is 0 Å². The van der Waals surface area contributed by atoms with E-state index in [1.165, 1.54) is 10.7 Å². The van der Waals surface area contributed by atoms with Crippen LogP contribution in [0.3, 0.4) is 0 Å². The summed E-state index contributed by atoms with van der Waals surface area (Å²) in [6.07, 6.45) is 0.712. The molecule has 0 saturated heterocycles. The molecule has 1 aromatic heterocycles. The second-order valence-corrected chi connectivity index (χ2v) is 3.06. The molecule has 0 radical (unpaired) electrons. The minimum absolute atomic E-state index is 0.166. The maximum absolute atomic E-state index is 10.9. The molecule has 0 unspecified atom stereocenters. The van der Waals surface area contributed by atoms with E-state index >= 15 is 0 Å². The third-order valence-electron chi connectivity index (χ3n) is 1.59. The molecule has 0 aliphatic heterocycles. The van der Waals surface area contributed by atoms with E-state index in [1.54, 1.807) is 13.1 Å². The van der Waals surface area contributed by atoms with Crippen molar-refractivity contribution >= 4 is 16.8 Å². The number of rotatable bonds is 3. The van der Waals surface area contributed by atoms with Gasteiger partial charge in [-0.15, -0.1) is 0 Å². The lowest BCUT2D eigenvalue weighted by atomic mass is 10.2. The van der Waals surface area contributed by atoms with Crippen molar-refractivity contribution in [2.75, 3.05) is 0 Å². The monoisotopic (exact) mass is 200 g/mol. The highest BCUT2D eigenvalue weighted by Gasteiger charge is 2.00. The Bertz CT molecular complexity index is 373. The molecule has 0 N–H and O–H groups in total. The molecule has 70 valence electrons. The Morgan fingerprint density at radius 1 is 1.62 bits per heavy atom. The number of hydrogen-bond donors (Lipinski definition) is 0. The molecule has 4 nitrogen and oxygen atoms in total. The summed E-state index contributed by atoms with van der Waals surface area (Å²) in [6.45, 7) is 0. The Balaban J connectivity index is 2.74. The van der Waals surface area contributed by atoms with Gasteiger partial charge in [0.05, 0.1) is 5.69 Å². The van der Waals surface area contributed by atoms with Crippen LogP contribution in [0.1, 0.15) is 12.1 Å². The van der Waals surface area contributed by atoms with E-state index in [2.05, 4.69) is 5.10 Å². The van der Waals surface area contributed by atoms with Crippen molar-refractivity contribution in [2.24, 2.45) is 7.05 Å². The van der Waals surface area contributed by atoms with E-state index in [-0.39, 0.29) is 12.0 Å². The van der Waals surface area contributed by atoms with Gasteiger partial charge in [-0.1, -0.05) is 0 Å². The van der Waals surface area contributed by atoms with Crippen LogP contribution in [0.2, 0.25) is 0 Å². The molecule has 13 heavy (non-hydrogen) atoms. The Kier molecular flexibility index (Phi) is 3.19. The molecule has 0 fully saturated rings.